The van der Waals surface area contributed by atoms with Gasteiger partial charge in [0.2, 0.25) is 15.9 Å². The van der Waals surface area contributed by atoms with Gasteiger partial charge in [0.25, 0.3) is 5.22 Å². The maximum absolute atomic E-state index is 12.8. The quantitative estimate of drug-likeness (QED) is 0.714. The van der Waals surface area contributed by atoms with Crippen LogP contribution < -0.4 is 5.32 Å². The van der Waals surface area contributed by atoms with Crippen LogP contribution in [0.3, 0.4) is 0 Å². The van der Waals surface area contributed by atoms with Crippen LogP contribution in [0.1, 0.15) is 37.1 Å². The summed E-state index contributed by atoms with van der Waals surface area (Å²) in [5.41, 5.74) is 1.37. The first-order chi connectivity index (χ1) is 13.4. The Kier molecular flexibility index (Phi) is 6.79. The maximum Gasteiger partial charge on any atom is 0.256 e. The SMILES string of the molecule is Cc1nc(SCC(=O)Nc2ccc(S(=O)(=O)N3CCCCCC3)cc2)oc1C. The van der Waals surface area contributed by atoms with Gasteiger partial charge in [0.1, 0.15) is 5.76 Å². The molecule has 0 saturated carbocycles. The van der Waals surface area contributed by atoms with E-state index in [0.717, 1.165) is 37.1 Å². The van der Waals surface area contributed by atoms with Gasteiger partial charge in [-0.15, -0.1) is 0 Å². The number of nitrogens with one attached hydrogen (secondary N) is 1. The number of thioether (sulfide) groups is 1. The third-order valence-electron chi connectivity index (χ3n) is 4.68. The fourth-order valence-corrected chi connectivity index (χ4v) is 5.20. The number of benzene rings is 1. The molecule has 1 aromatic heterocycles. The number of aromatic nitrogens is 1. The number of nitrogens with zero attached hydrogens (tertiary/aromatic N) is 2. The number of amides is 1. The molecule has 0 atom stereocenters. The van der Waals surface area contributed by atoms with Gasteiger partial charge in [-0.25, -0.2) is 13.4 Å². The minimum atomic E-state index is -3.48. The van der Waals surface area contributed by atoms with Crippen molar-refractivity contribution in [2.24, 2.45) is 0 Å². The molecule has 0 bridgehead atoms. The standard InChI is InChI=1S/C19H25N3O4S2/c1-14-15(2)26-19(20-14)27-13-18(23)21-16-7-9-17(10-8-16)28(24,25)22-11-5-3-4-6-12-22/h7-10H,3-6,11-13H2,1-2H3,(H,21,23). The average molecular weight is 424 g/mol. The highest BCUT2D eigenvalue weighted by molar-refractivity contribution is 7.99. The lowest BCUT2D eigenvalue weighted by Crippen LogP contribution is -2.31. The van der Waals surface area contributed by atoms with Crippen molar-refractivity contribution in [3.63, 3.8) is 0 Å². The normalized spacial score (nSPS) is 15.9. The van der Waals surface area contributed by atoms with Crippen LogP contribution >= 0.6 is 11.8 Å². The number of rotatable bonds is 6. The van der Waals surface area contributed by atoms with E-state index in [4.69, 9.17) is 4.42 Å². The minimum absolute atomic E-state index is 0.160. The molecule has 1 saturated heterocycles. The molecule has 1 aliphatic rings. The molecular formula is C19H25N3O4S2. The van der Waals surface area contributed by atoms with Crippen molar-refractivity contribution in [3.8, 4) is 0 Å². The molecule has 0 spiro atoms. The Morgan fingerprint density at radius 3 is 2.36 bits per heavy atom. The fraction of sp³-hybridized carbons (Fsp3) is 0.474. The Hall–Kier alpha value is -1.84. The predicted octanol–water partition coefficient (Wildman–Crippen LogP) is 3.59. The molecule has 0 aliphatic carbocycles. The van der Waals surface area contributed by atoms with Crippen molar-refractivity contribution in [1.29, 1.82) is 0 Å². The Balaban J connectivity index is 1.58. The number of anilines is 1. The molecule has 1 N–H and O–H groups in total. The molecule has 0 unspecified atom stereocenters. The van der Waals surface area contributed by atoms with Gasteiger partial charge < -0.3 is 9.73 Å². The summed E-state index contributed by atoms with van der Waals surface area (Å²) in [4.78, 5) is 16.6. The Labute approximate surface area is 170 Å². The van der Waals surface area contributed by atoms with E-state index in [1.807, 2.05) is 13.8 Å². The number of oxazole rings is 1. The monoisotopic (exact) mass is 423 g/mol. The summed E-state index contributed by atoms with van der Waals surface area (Å²) in [6, 6.07) is 6.33. The summed E-state index contributed by atoms with van der Waals surface area (Å²) < 4.78 is 32.6. The van der Waals surface area contributed by atoms with Crippen molar-refractivity contribution in [2.75, 3.05) is 24.2 Å². The second-order valence-electron chi connectivity index (χ2n) is 6.80. The van der Waals surface area contributed by atoms with E-state index >= 15 is 0 Å². The van der Waals surface area contributed by atoms with Crippen molar-refractivity contribution < 1.29 is 17.6 Å². The second kappa shape index (κ2) is 9.11. The zero-order valence-corrected chi connectivity index (χ0v) is 17.7. The summed E-state index contributed by atoms with van der Waals surface area (Å²) in [6.45, 7) is 4.81. The second-order valence-corrected chi connectivity index (χ2v) is 9.67. The maximum atomic E-state index is 12.8. The van der Waals surface area contributed by atoms with E-state index in [9.17, 15) is 13.2 Å². The van der Waals surface area contributed by atoms with Crippen molar-refractivity contribution >= 4 is 33.4 Å². The molecule has 3 rings (SSSR count). The number of aryl methyl sites for hydroxylation is 2. The van der Waals surface area contributed by atoms with Gasteiger partial charge in [0, 0.05) is 18.8 Å². The molecule has 28 heavy (non-hydrogen) atoms. The summed E-state index contributed by atoms with van der Waals surface area (Å²) in [5, 5.41) is 3.23. The van der Waals surface area contributed by atoms with Crippen LogP contribution in [0.25, 0.3) is 0 Å². The van der Waals surface area contributed by atoms with Gasteiger partial charge >= 0.3 is 0 Å². The van der Waals surface area contributed by atoms with Gasteiger partial charge in [-0.1, -0.05) is 24.6 Å². The van der Waals surface area contributed by atoms with Crippen molar-refractivity contribution in [2.45, 2.75) is 49.6 Å². The van der Waals surface area contributed by atoms with Crippen molar-refractivity contribution in [1.82, 2.24) is 9.29 Å². The molecule has 1 amide bonds. The van der Waals surface area contributed by atoms with Crippen LogP contribution in [0.15, 0.2) is 38.8 Å². The summed E-state index contributed by atoms with van der Waals surface area (Å²) in [5.74, 6) is 0.693. The number of carbonyl (C=O) groups is 1. The fourth-order valence-electron chi connectivity index (χ4n) is 2.97. The Morgan fingerprint density at radius 2 is 1.79 bits per heavy atom. The van der Waals surface area contributed by atoms with E-state index in [2.05, 4.69) is 10.3 Å². The van der Waals surface area contributed by atoms with Crippen LogP contribution in [0.5, 0.6) is 0 Å². The summed E-state index contributed by atoms with van der Waals surface area (Å²) in [6.07, 6.45) is 3.94. The highest BCUT2D eigenvalue weighted by atomic mass is 32.2. The smallest absolute Gasteiger partial charge is 0.256 e. The minimum Gasteiger partial charge on any atom is -0.437 e. The van der Waals surface area contributed by atoms with E-state index < -0.39 is 10.0 Å². The number of hydrogen-bond donors (Lipinski definition) is 1. The van der Waals surface area contributed by atoms with Gasteiger partial charge in [0.15, 0.2) is 0 Å². The van der Waals surface area contributed by atoms with E-state index in [1.165, 1.54) is 11.8 Å². The zero-order chi connectivity index (χ0) is 20.1. The lowest BCUT2D eigenvalue weighted by atomic mass is 10.2. The van der Waals surface area contributed by atoms with Crippen LogP contribution in [0.4, 0.5) is 5.69 Å². The Morgan fingerprint density at radius 1 is 1.14 bits per heavy atom. The van der Waals surface area contributed by atoms with Crippen LogP contribution in [0, 0.1) is 13.8 Å². The van der Waals surface area contributed by atoms with E-state index in [0.29, 0.717) is 24.0 Å². The first kappa shape index (κ1) is 20.9. The first-order valence-corrected chi connectivity index (χ1v) is 11.8. The van der Waals surface area contributed by atoms with E-state index in [-0.39, 0.29) is 16.6 Å². The molecule has 9 heteroatoms. The highest BCUT2D eigenvalue weighted by Gasteiger charge is 2.25. The third-order valence-corrected chi connectivity index (χ3v) is 7.42. The van der Waals surface area contributed by atoms with Gasteiger partial charge in [0.05, 0.1) is 16.3 Å². The van der Waals surface area contributed by atoms with Crippen LogP contribution in [-0.2, 0) is 14.8 Å². The van der Waals surface area contributed by atoms with Gasteiger partial charge in [-0.05, 0) is 51.0 Å². The molecular weight excluding hydrogens is 398 g/mol. The molecule has 1 fully saturated rings. The largest absolute Gasteiger partial charge is 0.437 e. The summed E-state index contributed by atoms with van der Waals surface area (Å²) in [7, 11) is -3.48. The molecule has 0 radical (unpaired) electrons. The molecule has 152 valence electrons. The third kappa shape index (κ3) is 5.15. The molecule has 1 aliphatic heterocycles. The number of sulfonamides is 1. The van der Waals surface area contributed by atoms with Gasteiger partial charge in [-0.3, -0.25) is 4.79 Å². The van der Waals surface area contributed by atoms with Crippen LogP contribution in [-0.4, -0.2) is 42.5 Å². The van der Waals surface area contributed by atoms with E-state index in [1.54, 1.807) is 28.6 Å². The molecule has 1 aromatic carbocycles. The van der Waals surface area contributed by atoms with Crippen molar-refractivity contribution in [3.05, 3.63) is 35.7 Å². The highest BCUT2D eigenvalue weighted by Crippen LogP contribution is 2.23. The molecule has 2 heterocycles. The zero-order valence-electron chi connectivity index (χ0n) is 16.1. The first-order valence-electron chi connectivity index (χ1n) is 9.33. The number of hydrogen-bond acceptors (Lipinski definition) is 6. The molecule has 7 nitrogen and oxygen atoms in total. The van der Waals surface area contributed by atoms with Crippen LogP contribution in [0.2, 0.25) is 0 Å². The topological polar surface area (TPSA) is 92.5 Å². The lowest BCUT2D eigenvalue weighted by molar-refractivity contribution is -0.113. The Bertz CT molecular complexity index is 896. The number of carbonyl (C=O) groups excluding carboxylic acids is 1. The lowest BCUT2D eigenvalue weighted by Gasteiger charge is -2.20. The average Bonchev–Trinajstić information content (AvgIpc) is 2.87. The predicted molar refractivity (Wildman–Crippen MR) is 109 cm³/mol. The van der Waals surface area contributed by atoms with Gasteiger partial charge in [-0.2, -0.15) is 4.31 Å². The molecule has 2 aromatic rings. The summed E-state index contributed by atoms with van der Waals surface area (Å²) >= 11 is 1.22.